The van der Waals surface area contributed by atoms with Crippen molar-refractivity contribution in [1.29, 1.82) is 0 Å². The van der Waals surface area contributed by atoms with Crippen LogP contribution in [0.2, 0.25) is 0 Å². The standard InChI is InChI=1S/C14H25NO2/c1-14(2,3)8-4-5-13(17)15-12-7-6-11(9-12)10-16/h6-7,11-12,16H,4-5,8-10H2,1-3H3,(H,15,17)/t11-,12+/m0/s1. The maximum atomic E-state index is 11.7. The summed E-state index contributed by atoms with van der Waals surface area (Å²) in [4.78, 5) is 11.7. The molecule has 0 radical (unpaired) electrons. The zero-order valence-electron chi connectivity index (χ0n) is 11.2. The van der Waals surface area contributed by atoms with Crippen molar-refractivity contribution in [3.63, 3.8) is 0 Å². The number of hydrogen-bond acceptors (Lipinski definition) is 2. The van der Waals surface area contributed by atoms with Crippen LogP contribution in [0.15, 0.2) is 12.2 Å². The third kappa shape index (κ3) is 5.87. The molecule has 1 aliphatic carbocycles. The molecule has 17 heavy (non-hydrogen) atoms. The molecule has 0 fully saturated rings. The lowest BCUT2D eigenvalue weighted by Crippen LogP contribution is -2.32. The van der Waals surface area contributed by atoms with Crippen LogP contribution in [0, 0.1) is 11.3 Å². The van der Waals surface area contributed by atoms with Gasteiger partial charge in [0.1, 0.15) is 0 Å². The summed E-state index contributed by atoms with van der Waals surface area (Å²) in [7, 11) is 0. The van der Waals surface area contributed by atoms with Crippen LogP contribution in [0.25, 0.3) is 0 Å². The first-order chi connectivity index (χ1) is 7.90. The quantitative estimate of drug-likeness (QED) is 0.723. The molecule has 0 aromatic rings. The van der Waals surface area contributed by atoms with E-state index in [1.807, 2.05) is 12.2 Å². The Balaban J connectivity index is 2.16. The maximum absolute atomic E-state index is 11.7. The second-order valence-corrected chi connectivity index (χ2v) is 6.15. The van der Waals surface area contributed by atoms with Crippen LogP contribution in [0.3, 0.4) is 0 Å². The average Bonchev–Trinajstić information content (AvgIpc) is 2.63. The van der Waals surface area contributed by atoms with E-state index >= 15 is 0 Å². The first-order valence-electron chi connectivity index (χ1n) is 6.49. The van der Waals surface area contributed by atoms with Crippen molar-refractivity contribution in [3.8, 4) is 0 Å². The average molecular weight is 239 g/mol. The molecule has 1 aliphatic rings. The largest absolute Gasteiger partial charge is 0.396 e. The minimum Gasteiger partial charge on any atom is -0.396 e. The highest BCUT2D eigenvalue weighted by Crippen LogP contribution is 2.22. The van der Waals surface area contributed by atoms with Gasteiger partial charge in [-0.3, -0.25) is 4.79 Å². The van der Waals surface area contributed by atoms with E-state index in [0.29, 0.717) is 11.8 Å². The molecule has 98 valence electrons. The second-order valence-electron chi connectivity index (χ2n) is 6.15. The first kappa shape index (κ1) is 14.2. The van der Waals surface area contributed by atoms with E-state index in [9.17, 15) is 4.79 Å². The number of carbonyl (C=O) groups excluding carboxylic acids is 1. The summed E-state index contributed by atoms with van der Waals surface area (Å²) in [6, 6.07) is 0.120. The zero-order chi connectivity index (χ0) is 12.9. The number of carbonyl (C=O) groups is 1. The Hall–Kier alpha value is -0.830. The van der Waals surface area contributed by atoms with Gasteiger partial charge in [0.25, 0.3) is 0 Å². The Bertz CT molecular complexity index is 278. The number of aliphatic hydroxyl groups is 1. The van der Waals surface area contributed by atoms with Crippen LogP contribution < -0.4 is 5.32 Å². The van der Waals surface area contributed by atoms with Crippen molar-refractivity contribution in [2.75, 3.05) is 6.61 Å². The van der Waals surface area contributed by atoms with Crippen LogP contribution in [0.5, 0.6) is 0 Å². The molecule has 0 saturated heterocycles. The van der Waals surface area contributed by atoms with Crippen LogP contribution in [-0.4, -0.2) is 23.7 Å². The van der Waals surface area contributed by atoms with Gasteiger partial charge in [-0.1, -0.05) is 32.9 Å². The summed E-state index contributed by atoms with van der Waals surface area (Å²) in [5.41, 5.74) is 0.301. The van der Waals surface area contributed by atoms with Gasteiger partial charge in [-0.05, 0) is 24.7 Å². The molecule has 0 saturated carbocycles. The molecule has 1 amide bonds. The highest BCUT2D eigenvalue weighted by Gasteiger charge is 2.19. The van der Waals surface area contributed by atoms with Crippen LogP contribution in [-0.2, 0) is 4.79 Å². The molecular formula is C14H25NO2. The molecule has 0 bridgehead atoms. The first-order valence-corrected chi connectivity index (χ1v) is 6.49. The monoisotopic (exact) mass is 239 g/mol. The lowest BCUT2D eigenvalue weighted by atomic mass is 9.90. The van der Waals surface area contributed by atoms with Crippen molar-refractivity contribution in [2.45, 2.75) is 52.5 Å². The van der Waals surface area contributed by atoms with E-state index in [0.717, 1.165) is 19.3 Å². The molecule has 0 aromatic heterocycles. The number of rotatable bonds is 5. The highest BCUT2D eigenvalue weighted by molar-refractivity contribution is 5.76. The molecule has 0 spiro atoms. The Labute approximate surface area is 104 Å². The summed E-state index contributed by atoms with van der Waals surface area (Å²) >= 11 is 0. The Morgan fingerprint density at radius 1 is 1.41 bits per heavy atom. The number of aliphatic hydroxyl groups excluding tert-OH is 1. The SMILES string of the molecule is CC(C)(C)CCCC(=O)N[C@@H]1C=C[C@H](CO)C1. The normalized spacial score (nSPS) is 24.0. The van der Waals surface area contributed by atoms with E-state index < -0.39 is 0 Å². The third-order valence-corrected chi connectivity index (χ3v) is 3.08. The van der Waals surface area contributed by atoms with E-state index in [1.165, 1.54) is 0 Å². The lowest BCUT2D eigenvalue weighted by molar-refractivity contribution is -0.121. The molecule has 3 nitrogen and oxygen atoms in total. The minimum absolute atomic E-state index is 0.120. The molecule has 2 atom stereocenters. The fourth-order valence-corrected chi connectivity index (χ4v) is 2.08. The number of hydrogen-bond donors (Lipinski definition) is 2. The summed E-state index contributed by atoms with van der Waals surface area (Å²) < 4.78 is 0. The Morgan fingerprint density at radius 3 is 2.65 bits per heavy atom. The number of nitrogens with one attached hydrogen (secondary N) is 1. The summed E-state index contributed by atoms with van der Waals surface area (Å²) in [5.74, 6) is 0.345. The molecule has 2 N–H and O–H groups in total. The van der Waals surface area contributed by atoms with Crippen molar-refractivity contribution < 1.29 is 9.90 Å². The molecule has 1 rings (SSSR count). The topological polar surface area (TPSA) is 49.3 Å². The molecule has 0 unspecified atom stereocenters. The zero-order valence-corrected chi connectivity index (χ0v) is 11.2. The van der Waals surface area contributed by atoms with Gasteiger partial charge in [-0.25, -0.2) is 0 Å². The van der Waals surface area contributed by atoms with E-state index in [2.05, 4.69) is 26.1 Å². The predicted molar refractivity (Wildman–Crippen MR) is 69.6 cm³/mol. The van der Waals surface area contributed by atoms with Gasteiger partial charge in [0.05, 0.1) is 0 Å². The van der Waals surface area contributed by atoms with Gasteiger partial charge in [0.15, 0.2) is 0 Å². The number of amides is 1. The highest BCUT2D eigenvalue weighted by atomic mass is 16.3. The summed E-state index contributed by atoms with van der Waals surface area (Å²) in [6.07, 6.45) is 7.42. The minimum atomic E-state index is 0.120. The summed E-state index contributed by atoms with van der Waals surface area (Å²) in [5, 5.41) is 12.0. The Morgan fingerprint density at radius 2 is 2.12 bits per heavy atom. The van der Waals surface area contributed by atoms with E-state index in [-0.39, 0.29) is 24.5 Å². The van der Waals surface area contributed by atoms with E-state index in [1.54, 1.807) is 0 Å². The molecule has 0 heterocycles. The third-order valence-electron chi connectivity index (χ3n) is 3.08. The molecular weight excluding hydrogens is 214 g/mol. The van der Waals surface area contributed by atoms with Crippen molar-refractivity contribution in [2.24, 2.45) is 11.3 Å². The lowest BCUT2D eigenvalue weighted by Gasteiger charge is -2.18. The van der Waals surface area contributed by atoms with Gasteiger partial charge < -0.3 is 10.4 Å². The molecule has 3 heteroatoms. The fourth-order valence-electron chi connectivity index (χ4n) is 2.08. The van der Waals surface area contributed by atoms with Crippen molar-refractivity contribution in [1.82, 2.24) is 5.32 Å². The van der Waals surface area contributed by atoms with E-state index in [4.69, 9.17) is 5.11 Å². The molecule has 0 aliphatic heterocycles. The van der Waals surface area contributed by atoms with Gasteiger partial charge in [-0.15, -0.1) is 0 Å². The fraction of sp³-hybridized carbons (Fsp3) is 0.786. The van der Waals surface area contributed by atoms with Gasteiger partial charge >= 0.3 is 0 Å². The van der Waals surface area contributed by atoms with Crippen LogP contribution >= 0.6 is 0 Å². The predicted octanol–water partition coefficient (Wildman–Crippen LogP) is 2.26. The smallest absolute Gasteiger partial charge is 0.220 e. The maximum Gasteiger partial charge on any atom is 0.220 e. The van der Waals surface area contributed by atoms with Gasteiger partial charge in [0, 0.05) is 25.0 Å². The van der Waals surface area contributed by atoms with Gasteiger partial charge in [0.2, 0.25) is 5.91 Å². The van der Waals surface area contributed by atoms with Crippen LogP contribution in [0.4, 0.5) is 0 Å². The van der Waals surface area contributed by atoms with Crippen molar-refractivity contribution >= 4 is 5.91 Å². The second kappa shape index (κ2) is 6.20. The Kier molecular flexibility index (Phi) is 5.19. The van der Waals surface area contributed by atoms with Gasteiger partial charge in [-0.2, -0.15) is 0 Å². The van der Waals surface area contributed by atoms with Crippen molar-refractivity contribution in [3.05, 3.63) is 12.2 Å². The summed E-state index contributed by atoms with van der Waals surface area (Å²) in [6.45, 7) is 6.75. The van der Waals surface area contributed by atoms with Crippen LogP contribution in [0.1, 0.15) is 46.5 Å². The molecule has 0 aromatic carbocycles.